The van der Waals surface area contributed by atoms with Crippen LogP contribution in [0.25, 0.3) is 16.9 Å². The van der Waals surface area contributed by atoms with Crippen LogP contribution in [0, 0.1) is 5.92 Å². The summed E-state index contributed by atoms with van der Waals surface area (Å²) in [6, 6.07) is 10.0. The maximum Gasteiger partial charge on any atom is 0.296 e. The number of hydrogen-bond acceptors (Lipinski definition) is 8. The van der Waals surface area contributed by atoms with Crippen molar-refractivity contribution in [3.63, 3.8) is 0 Å². The molecule has 1 N–H and O–H groups in total. The van der Waals surface area contributed by atoms with Gasteiger partial charge in [0.15, 0.2) is 5.82 Å². The molecule has 0 radical (unpaired) electrons. The molecule has 1 unspecified atom stereocenters. The quantitative estimate of drug-likeness (QED) is 0.332. The molecule has 1 saturated heterocycles. The Bertz CT molecular complexity index is 1280. The van der Waals surface area contributed by atoms with E-state index < -0.39 is 6.43 Å². The lowest BCUT2D eigenvalue weighted by Crippen LogP contribution is -2.45. The molecule has 1 aliphatic carbocycles. The second kappa shape index (κ2) is 13.4. The van der Waals surface area contributed by atoms with Gasteiger partial charge in [0.25, 0.3) is 6.43 Å². The Morgan fingerprint density at radius 2 is 1.88 bits per heavy atom. The number of hydrogen-bond donors (Lipinski definition) is 1. The van der Waals surface area contributed by atoms with Crippen LogP contribution >= 0.6 is 0 Å². The van der Waals surface area contributed by atoms with Gasteiger partial charge in [0.2, 0.25) is 5.95 Å². The summed E-state index contributed by atoms with van der Waals surface area (Å²) in [7, 11) is 1.76. The number of para-hydroxylation sites is 2. The largest absolute Gasteiger partial charge is 0.383 e. The molecule has 11 heteroatoms. The highest BCUT2D eigenvalue weighted by Crippen LogP contribution is 2.31. The highest BCUT2D eigenvalue weighted by molar-refractivity contribution is 5.78. The predicted octanol–water partition coefficient (Wildman–Crippen LogP) is 5.31. The fraction of sp³-hybridized carbons (Fsp3) is 0.633. The number of nitrogens with one attached hydrogen (secondary N) is 1. The Balaban J connectivity index is 1.38. The molecule has 1 aliphatic heterocycles. The summed E-state index contributed by atoms with van der Waals surface area (Å²) in [4.78, 5) is 18.6. The number of benzene rings is 1. The average molecular weight is 572 g/mol. The second-order valence-corrected chi connectivity index (χ2v) is 11.3. The van der Waals surface area contributed by atoms with Crippen molar-refractivity contribution in [2.24, 2.45) is 5.92 Å². The van der Waals surface area contributed by atoms with Gasteiger partial charge in [0, 0.05) is 38.3 Å². The number of alkyl halides is 2. The summed E-state index contributed by atoms with van der Waals surface area (Å²) in [5.41, 5.74) is 1.10. The maximum atomic E-state index is 14.2. The standard InChI is InChI=1S/C30H43F2N7O2/c1-5-37(20(2)18-40-4)23-12-10-22(11-13-23)17-33-30-35-26(38-14-15-41-19-21(38)3)16-27(36-30)39-25-9-7-6-8-24(25)34-29(39)28(31)32/h6-9,16,20-23,28H,5,10-15,17-19H2,1-4H3,(H,33,35,36)/t20?,21-,22?,23?/m0/s1. The lowest BCUT2D eigenvalue weighted by atomic mass is 9.85. The molecular weight excluding hydrogens is 528 g/mol. The zero-order valence-electron chi connectivity index (χ0n) is 24.6. The molecule has 2 aliphatic rings. The first kappa shape index (κ1) is 29.6. The van der Waals surface area contributed by atoms with E-state index in [0.29, 0.717) is 66.4 Å². The normalized spacial score (nSPS) is 22.5. The lowest BCUT2D eigenvalue weighted by molar-refractivity contribution is 0.0535. The molecule has 1 aromatic carbocycles. The van der Waals surface area contributed by atoms with Gasteiger partial charge in [-0.3, -0.25) is 9.47 Å². The third-order valence-electron chi connectivity index (χ3n) is 8.55. The van der Waals surface area contributed by atoms with E-state index in [1.165, 1.54) is 4.57 Å². The van der Waals surface area contributed by atoms with E-state index in [-0.39, 0.29) is 11.9 Å². The number of rotatable bonds is 11. The number of imidazole rings is 1. The number of nitrogens with zero attached hydrogens (tertiary/aromatic N) is 6. The fourth-order valence-electron chi connectivity index (χ4n) is 6.44. The zero-order chi connectivity index (χ0) is 28.9. The molecular formula is C30H43F2N7O2. The molecule has 0 spiro atoms. The molecule has 2 aromatic heterocycles. The van der Waals surface area contributed by atoms with Gasteiger partial charge in [-0.15, -0.1) is 0 Å². The van der Waals surface area contributed by atoms with Crippen LogP contribution in [0.4, 0.5) is 20.5 Å². The molecule has 0 bridgehead atoms. The molecule has 0 amide bonds. The minimum atomic E-state index is -2.75. The van der Waals surface area contributed by atoms with E-state index in [0.717, 1.165) is 45.4 Å². The SMILES string of the molecule is CCN(C(C)COC)C1CCC(CNc2nc(N3CCOC[C@@H]3C)cc(-n3c(C(F)F)nc4ccccc43)n2)CC1. The number of methoxy groups -OCH3 is 1. The van der Waals surface area contributed by atoms with Gasteiger partial charge in [-0.1, -0.05) is 19.1 Å². The topological polar surface area (TPSA) is 80.6 Å². The Labute approximate surface area is 241 Å². The minimum absolute atomic E-state index is 0.103. The van der Waals surface area contributed by atoms with Gasteiger partial charge in [0.1, 0.15) is 11.6 Å². The number of fused-ring (bicyclic) bond motifs is 1. The number of morpholine rings is 1. The summed E-state index contributed by atoms with van der Waals surface area (Å²) in [6.45, 7) is 10.9. The first-order chi connectivity index (χ1) is 19.9. The first-order valence-corrected chi connectivity index (χ1v) is 14.9. The first-order valence-electron chi connectivity index (χ1n) is 14.9. The van der Waals surface area contributed by atoms with Crippen LogP contribution in [0.1, 0.15) is 58.7 Å². The molecule has 224 valence electrons. The van der Waals surface area contributed by atoms with Gasteiger partial charge < -0.3 is 19.7 Å². The molecule has 5 rings (SSSR count). The van der Waals surface area contributed by atoms with Crippen molar-refractivity contribution >= 4 is 22.8 Å². The van der Waals surface area contributed by atoms with Crippen molar-refractivity contribution in [3.8, 4) is 5.82 Å². The monoisotopic (exact) mass is 571 g/mol. The van der Waals surface area contributed by atoms with Crippen molar-refractivity contribution < 1.29 is 18.3 Å². The number of likely N-dealkylation sites (N-methyl/N-ethyl adjacent to an activating group) is 1. The lowest BCUT2D eigenvalue weighted by Gasteiger charge is -2.39. The van der Waals surface area contributed by atoms with E-state index in [2.05, 4.69) is 40.9 Å². The molecule has 2 fully saturated rings. The Hall–Kier alpha value is -2.89. The molecule has 2 atom stereocenters. The van der Waals surface area contributed by atoms with E-state index in [4.69, 9.17) is 19.4 Å². The predicted molar refractivity (Wildman–Crippen MR) is 157 cm³/mol. The number of ether oxygens (including phenoxy) is 2. The van der Waals surface area contributed by atoms with Gasteiger partial charge in [0.05, 0.1) is 36.9 Å². The molecule has 41 heavy (non-hydrogen) atoms. The highest BCUT2D eigenvalue weighted by atomic mass is 19.3. The summed E-state index contributed by atoms with van der Waals surface area (Å²) in [5.74, 6) is 1.69. The summed E-state index contributed by atoms with van der Waals surface area (Å²) in [5, 5.41) is 3.47. The van der Waals surface area contributed by atoms with Crippen molar-refractivity contribution in [1.29, 1.82) is 0 Å². The number of aromatic nitrogens is 4. The van der Waals surface area contributed by atoms with Crippen molar-refractivity contribution in [3.05, 3.63) is 36.2 Å². The van der Waals surface area contributed by atoms with Crippen LogP contribution in [-0.2, 0) is 9.47 Å². The van der Waals surface area contributed by atoms with Crippen molar-refractivity contribution in [1.82, 2.24) is 24.4 Å². The van der Waals surface area contributed by atoms with Crippen LogP contribution in [0.2, 0.25) is 0 Å². The summed E-state index contributed by atoms with van der Waals surface area (Å²) >= 11 is 0. The third kappa shape index (κ3) is 6.62. The minimum Gasteiger partial charge on any atom is -0.383 e. The molecule has 9 nitrogen and oxygen atoms in total. The van der Waals surface area contributed by atoms with Gasteiger partial charge in [-0.2, -0.15) is 9.97 Å². The van der Waals surface area contributed by atoms with Crippen LogP contribution in [-0.4, -0.2) is 89.1 Å². The Morgan fingerprint density at radius 3 is 2.59 bits per heavy atom. The Kier molecular flexibility index (Phi) is 9.67. The average Bonchev–Trinajstić information content (AvgIpc) is 3.38. The van der Waals surface area contributed by atoms with Gasteiger partial charge >= 0.3 is 0 Å². The van der Waals surface area contributed by atoms with E-state index in [1.54, 1.807) is 31.4 Å². The van der Waals surface area contributed by atoms with Crippen molar-refractivity contribution in [2.45, 2.75) is 71.0 Å². The van der Waals surface area contributed by atoms with E-state index in [1.807, 2.05) is 6.07 Å². The third-order valence-corrected chi connectivity index (χ3v) is 8.55. The van der Waals surface area contributed by atoms with Crippen LogP contribution in [0.3, 0.4) is 0 Å². The van der Waals surface area contributed by atoms with Crippen LogP contribution in [0.5, 0.6) is 0 Å². The molecule has 3 aromatic rings. The Morgan fingerprint density at radius 1 is 1.12 bits per heavy atom. The smallest absolute Gasteiger partial charge is 0.296 e. The van der Waals surface area contributed by atoms with E-state index in [9.17, 15) is 8.78 Å². The maximum absolute atomic E-state index is 14.2. The molecule has 1 saturated carbocycles. The van der Waals surface area contributed by atoms with Crippen LogP contribution in [0.15, 0.2) is 30.3 Å². The number of halogens is 2. The van der Waals surface area contributed by atoms with Gasteiger partial charge in [-0.25, -0.2) is 13.8 Å². The second-order valence-electron chi connectivity index (χ2n) is 11.3. The van der Waals surface area contributed by atoms with Gasteiger partial charge in [-0.05, 0) is 64.1 Å². The fourth-order valence-corrected chi connectivity index (χ4v) is 6.44. The highest BCUT2D eigenvalue weighted by Gasteiger charge is 2.29. The zero-order valence-corrected chi connectivity index (χ0v) is 24.6. The van der Waals surface area contributed by atoms with E-state index >= 15 is 0 Å². The van der Waals surface area contributed by atoms with Crippen molar-refractivity contribution in [2.75, 3.05) is 56.8 Å². The summed E-state index contributed by atoms with van der Waals surface area (Å²) < 4.78 is 40.9. The molecule has 3 heterocycles. The van der Waals surface area contributed by atoms with Crippen LogP contribution < -0.4 is 10.2 Å². The summed E-state index contributed by atoms with van der Waals surface area (Å²) in [6.07, 6.45) is 1.77. The number of anilines is 2.